The molecule has 1 aliphatic rings. The van der Waals surface area contributed by atoms with E-state index in [1.165, 1.54) is 23.1 Å². The zero-order chi connectivity index (χ0) is 30.4. The smallest absolute Gasteiger partial charge is 0.406 e. The van der Waals surface area contributed by atoms with Gasteiger partial charge < -0.3 is 9.64 Å². The minimum atomic E-state index is -4.99. The van der Waals surface area contributed by atoms with Gasteiger partial charge in [-0.15, -0.1) is 13.2 Å². The zero-order valence-electron chi connectivity index (χ0n) is 21.4. The van der Waals surface area contributed by atoms with Crippen LogP contribution in [0.3, 0.4) is 0 Å². The van der Waals surface area contributed by atoms with E-state index in [-0.39, 0.29) is 29.8 Å². The molecule has 2 heterocycles. The fourth-order valence-corrected chi connectivity index (χ4v) is 4.91. The Morgan fingerprint density at radius 2 is 1.56 bits per heavy atom. The summed E-state index contributed by atoms with van der Waals surface area (Å²) >= 11 is 0. The number of ether oxygens (including phenoxy) is 1. The molecule has 1 aromatic heterocycles. The van der Waals surface area contributed by atoms with E-state index in [9.17, 15) is 44.3 Å². The minimum Gasteiger partial charge on any atom is -0.406 e. The monoisotopic (exact) mass is 591 g/mol. The molecule has 1 fully saturated rings. The number of carbonyl (C=O) groups excluding carboxylic acids is 1. The number of rotatable bonds is 6. The van der Waals surface area contributed by atoms with Crippen LogP contribution >= 0.6 is 0 Å². The summed E-state index contributed by atoms with van der Waals surface area (Å²) in [6.07, 6.45) is -13.5. The third-order valence-corrected chi connectivity index (χ3v) is 6.71. The number of anilines is 1. The van der Waals surface area contributed by atoms with Crippen LogP contribution in [-0.2, 0) is 22.6 Å². The highest BCUT2D eigenvalue weighted by Gasteiger charge is 2.45. The van der Waals surface area contributed by atoms with Crippen LogP contribution in [0.15, 0.2) is 60.8 Å². The molecule has 41 heavy (non-hydrogen) atoms. The molecule has 0 saturated carbocycles. The van der Waals surface area contributed by atoms with E-state index in [4.69, 9.17) is 0 Å². The molecule has 3 aromatic rings. The Balaban J connectivity index is 1.71. The number of amides is 1. The van der Waals surface area contributed by atoms with Crippen molar-refractivity contribution in [3.05, 3.63) is 83.4 Å². The van der Waals surface area contributed by atoms with Gasteiger partial charge in [0.1, 0.15) is 5.75 Å². The quantitative estimate of drug-likeness (QED) is 0.274. The van der Waals surface area contributed by atoms with Crippen molar-refractivity contribution in [2.24, 2.45) is 5.92 Å². The first-order chi connectivity index (χ1) is 18.8. The van der Waals surface area contributed by atoms with Gasteiger partial charge in [-0.05, 0) is 60.9 Å². The molecule has 0 spiro atoms. The predicted octanol–water partition coefficient (Wildman–Crippen LogP) is 7.87. The van der Waals surface area contributed by atoms with E-state index < -0.39 is 59.1 Å². The van der Waals surface area contributed by atoms with Gasteiger partial charge in [0.05, 0.1) is 17.3 Å². The van der Waals surface area contributed by atoms with Crippen molar-refractivity contribution in [3.63, 3.8) is 0 Å². The summed E-state index contributed by atoms with van der Waals surface area (Å²) in [4.78, 5) is 21.8. The first-order valence-electron chi connectivity index (χ1n) is 12.1. The van der Waals surface area contributed by atoms with Crippen molar-refractivity contribution in [3.8, 4) is 5.75 Å². The van der Waals surface area contributed by atoms with Crippen LogP contribution in [0.25, 0.3) is 0 Å². The van der Waals surface area contributed by atoms with Crippen LogP contribution in [0.2, 0.25) is 0 Å². The van der Waals surface area contributed by atoms with Crippen molar-refractivity contribution in [1.82, 2.24) is 9.97 Å². The van der Waals surface area contributed by atoms with Gasteiger partial charge in [-0.2, -0.15) is 26.3 Å². The molecule has 0 unspecified atom stereocenters. The molecule has 2 atom stereocenters. The highest BCUT2D eigenvalue weighted by molar-refractivity contribution is 5.98. The lowest BCUT2D eigenvalue weighted by Gasteiger charge is -2.27. The molecular formula is C27H22F9N3O2. The molecule has 2 aromatic carbocycles. The van der Waals surface area contributed by atoms with E-state index in [0.29, 0.717) is 0 Å². The summed E-state index contributed by atoms with van der Waals surface area (Å²) in [5.74, 6) is -3.34. The second-order valence-corrected chi connectivity index (χ2v) is 10.2. The molecule has 5 nitrogen and oxygen atoms in total. The normalized spacial score (nSPS) is 18.6. The Kier molecular flexibility index (Phi) is 7.74. The van der Waals surface area contributed by atoms with Crippen LogP contribution in [0.4, 0.5) is 45.2 Å². The number of halogens is 9. The molecule has 0 bridgehead atoms. The van der Waals surface area contributed by atoms with Crippen LogP contribution in [0.5, 0.6) is 5.75 Å². The zero-order valence-corrected chi connectivity index (χ0v) is 21.4. The average molecular weight is 591 g/mol. The summed E-state index contributed by atoms with van der Waals surface area (Å²) in [7, 11) is 0. The fraction of sp³-hybridized carbons (Fsp3) is 0.370. The fourth-order valence-electron chi connectivity index (χ4n) is 4.91. The van der Waals surface area contributed by atoms with Gasteiger partial charge >= 0.3 is 18.7 Å². The van der Waals surface area contributed by atoms with E-state index in [2.05, 4.69) is 14.7 Å². The number of aromatic nitrogens is 2. The summed E-state index contributed by atoms with van der Waals surface area (Å²) in [5, 5.41) is 0. The molecule has 14 heteroatoms. The molecular weight excluding hydrogens is 569 g/mol. The lowest BCUT2D eigenvalue weighted by Crippen LogP contribution is -2.32. The first-order valence-corrected chi connectivity index (χ1v) is 12.1. The van der Waals surface area contributed by atoms with Gasteiger partial charge in [0.25, 0.3) is 0 Å². The van der Waals surface area contributed by atoms with Gasteiger partial charge in [-0.25, -0.2) is 9.97 Å². The van der Waals surface area contributed by atoms with Crippen molar-refractivity contribution in [2.45, 2.75) is 56.9 Å². The summed E-state index contributed by atoms with van der Waals surface area (Å²) in [6, 6.07) is 8.97. The lowest BCUT2D eigenvalue weighted by atomic mass is 9.78. The van der Waals surface area contributed by atoms with Crippen LogP contribution in [0, 0.1) is 5.92 Å². The van der Waals surface area contributed by atoms with E-state index >= 15 is 0 Å². The van der Waals surface area contributed by atoms with Crippen molar-refractivity contribution < 1.29 is 49.0 Å². The van der Waals surface area contributed by atoms with Gasteiger partial charge in [-0.1, -0.05) is 26.0 Å². The van der Waals surface area contributed by atoms with Crippen LogP contribution < -0.4 is 9.64 Å². The SMILES string of the molecule is CC(C)(C[C@@H]1C[C@H](c2cccc(OC(F)(F)F)c2)N(c2ccc(C(F)(F)F)cc2)C1=O)c1ccnc(C(F)(F)F)n1. The van der Waals surface area contributed by atoms with E-state index in [0.717, 1.165) is 42.6 Å². The predicted molar refractivity (Wildman–Crippen MR) is 128 cm³/mol. The maximum absolute atomic E-state index is 13.7. The van der Waals surface area contributed by atoms with E-state index in [1.54, 1.807) is 13.8 Å². The Bertz CT molecular complexity index is 1400. The third-order valence-electron chi connectivity index (χ3n) is 6.71. The number of alkyl halides is 9. The largest absolute Gasteiger partial charge is 0.573 e. The lowest BCUT2D eigenvalue weighted by molar-refractivity contribution is -0.274. The maximum atomic E-state index is 13.7. The Morgan fingerprint density at radius 1 is 0.902 bits per heavy atom. The molecule has 0 aliphatic carbocycles. The van der Waals surface area contributed by atoms with Crippen LogP contribution in [-0.4, -0.2) is 22.2 Å². The summed E-state index contributed by atoms with van der Waals surface area (Å²) in [5.41, 5.74) is -1.76. The third kappa shape index (κ3) is 6.91. The topological polar surface area (TPSA) is 55.3 Å². The molecule has 0 radical (unpaired) electrons. The van der Waals surface area contributed by atoms with E-state index in [1.807, 2.05) is 0 Å². The van der Waals surface area contributed by atoms with Gasteiger partial charge in [-0.3, -0.25) is 4.79 Å². The van der Waals surface area contributed by atoms with Crippen LogP contribution in [0.1, 0.15) is 55.4 Å². The Morgan fingerprint density at radius 3 is 2.15 bits per heavy atom. The highest BCUT2D eigenvalue weighted by atomic mass is 19.4. The molecule has 1 aliphatic heterocycles. The number of hydrogen-bond acceptors (Lipinski definition) is 4. The number of carbonyl (C=O) groups is 1. The van der Waals surface area contributed by atoms with Crippen molar-refractivity contribution in [2.75, 3.05) is 4.90 Å². The number of benzene rings is 2. The molecule has 0 N–H and O–H groups in total. The maximum Gasteiger partial charge on any atom is 0.573 e. The number of nitrogens with zero attached hydrogens (tertiary/aromatic N) is 3. The molecule has 4 rings (SSSR count). The second kappa shape index (κ2) is 10.5. The van der Waals surface area contributed by atoms with Gasteiger partial charge in [0.15, 0.2) is 0 Å². The van der Waals surface area contributed by atoms with Gasteiger partial charge in [0, 0.05) is 23.2 Å². The first kappa shape index (κ1) is 30.1. The Hall–Kier alpha value is -3.84. The second-order valence-electron chi connectivity index (χ2n) is 10.2. The summed E-state index contributed by atoms with van der Waals surface area (Å²) < 4.78 is 122. The summed E-state index contributed by atoms with van der Waals surface area (Å²) in [6.45, 7) is 3.16. The number of hydrogen-bond donors (Lipinski definition) is 0. The highest BCUT2D eigenvalue weighted by Crippen LogP contribution is 2.46. The average Bonchev–Trinajstić information content (AvgIpc) is 3.17. The minimum absolute atomic E-state index is 0.00989. The van der Waals surface area contributed by atoms with Gasteiger partial charge in [0.2, 0.25) is 11.7 Å². The standard InChI is InChI=1S/C27H22F9N3O2/c1-24(2,21-10-11-37-23(38-21)26(31,32)33)14-16-13-20(15-4-3-5-19(12-15)41-27(34,35)36)39(22(16)40)18-8-6-17(7-9-18)25(28,29)30/h3-12,16,20H,13-14H2,1-2H3/t16-,20+/m0/s1. The Labute approximate surface area is 228 Å². The molecule has 1 saturated heterocycles. The van der Waals surface area contributed by atoms with Crippen molar-refractivity contribution in [1.29, 1.82) is 0 Å². The molecule has 220 valence electrons. The molecule has 1 amide bonds. The van der Waals surface area contributed by atoms with Crippen molar-refractivity contribution >= 4 is 11.6 Å².